The van der Waals surface area contributed by atoms with E-state index in [9.17, 15) is 4.79 Å². The van der Waals surface area contributed by atoms with E-state index in [0.29, 0.717) is 24.6 Å². The minimum absolute atomic E-state index is 0.0834. The van der Waals surface area contributed by atoms with E-state index in [0.717, 1.165) is 19.5 Å². The van der Waals surface area contributed by atoms with Crippen LogP contribution < -0.4 is 10.6 Å². The van der Waals surface area contributed by atoms with Crippen LogP contribution in [0.15, 0.2) is 16.8 Å². The molecule has 2 N–H and O–H groups in total. The molecule has 0 radical (unpaired) electrons. The van der Waals surface area contributed by atoms with Gasteiger partial charge >= 0.3 is 0 Å². The molecule has 5 heteroatoms. The van der Waals surface area contributed by atoms with Crippen LogP contribution in [0.25, 0.3) is 0 Å². The van der Waals surface area contributed by atoms with Crippen LogP contribution in [-0.4, -0.2) is 24.2 Å². The van der Waals surface area contributed by atoms with E-state index in [2.05, 4.69) is 15.8 Å². The molecular weight excluding hydrogens is 194 g/mol. The molecule has 1 aromatic heterocycles. The van der Waals surface area contributed by atoms with Crippen molar-refractivity contribution in [2.45, 2.75) is 19.4 Å². The van der Waals surface area contributed by atoms with Crippen LogP contribution in [0.2, 0.25) is 0 Å². The van der Waals surface area contributed by atoms with E-state index in [4.69, 9.17) is 4.52 Å². The molecule has 15 heavy (non-hydrogen) atoms. The monoisotopic (exact) mass is 209 g/mol. The summed E-state index contributed by atoms with van der Waals surface area (Å²) in [5, 5.41) is 9.62. The van der Waals surface area contributed by atoms with Crippen LogP contribution in [0.4, 0.5) is 0 Å². The van der Waals surface area contributed by atoms with Crippen LogP contribution in [0.5, 0.6) is 0 Å². The topological polar surface area (TPSA) is 67.2 Å². The summed E-state index contributed by atoms with van der Waals surface area (Å²) in [6, 6.07) is 1.75. The minimum atomic E-state index is 0.0834. The zero-order valence-electron chi connectivity index (χ0n) is 8.53. The molecule has 1 saturated heterocycles. The zero-order chi connectivity index (χ0) is 10.5. The van der Waals surface area contributed by atoms with Crippen LogP contribution >= 0.6 is 0 Å². The van der Waals surface area contributed by atoms with Gasteiger partial charge in [0.15, 0.2) is 5.76 Å². The van der Waals surface area contributed by atoms with Gasteiger partial charge < -0.3 is 15.2 Å². The van der Waals surface area contributed by atoms with Gasteiger partial charge in [-0.05, 0) is 25.4 Å². The lowest BCUT2D eigenvalue weighted by molar-refractivity contribution is -0.122. The molecule has 1 aliphatic heterocycles. The van der Waals surface area contributed by atoms with Crippen molar-refractivity contribution in [1.82, 2.24) is 15.8 Å². The number of nitrogens with zero attached hydrogens (tertiary/aromatic N) is 1. The van der Waals surface area contributed by atoms with Crippen LogP contribution in [0.3, 0.4) is 0 Å². The summed E-state index contributed by atoms with van der Waals surface area (Å²) < 4.78 is 4.88. The lowest BCUT2D eigenvalue weighted by Gasteiger charge is -2.07. The molecule has 0 spiro atoms. The van der Waals surface area contributed by atoms with Gasteiger partial charge in [-0.25, -0.2) is 0 Å². The minimum Gasteiger partial charge on any atom is -0.360 e. The summed E-state index contributed by atoms with van der Waals surface area (Å²) in [5.41, 5.74) is 0. The van der Waals surface area contributed by atoms with Gasteiger partial charge in [0.25, 0.3) is 0 Å². The summed E-state index contributed by atoms with van der Waals surface area (Å²) in [7, 11) is 0. The molecule has 1 aliphatic rings. The molecule has 1 amide bonds. The average molecular weight is 209 g/mol. The van der Waals surface area contributed by atoms with Gasteiger partial charge in [-0.1, -0.05) is 5.16 Å². The third-order valence-corrected chi connectivity index (χ3v) is 2.59. The quantitative estimate of drug-likeness (QED) is 0.748. The van der Waals surface area contributed by atoms with Crippen molar-refractivity contribution < 1.29 is 9.32 Å². The van der Waals surface area contributed by atoms with Crippen LogP contribution in [-0.2, 0) is 11.3 Å². The molecule has 5 nitrogen and oxygen atoms in total. The maximum absolute atomic E-state index is 11.5. The summed E-state index contributed by atoms with van der Waals surface area (Å²) in [5.74, 6) is 1.26. The van der Waals surface area contributed by atoms with E-state index < -0.39 is 0 Å². The van der Waals surface area contributed by atoms with Gasteiger partial charge in [0, 0.05) is 12.5 Å². The molecule has 82 valence electrons. The fourth-order valence-corrected chi connectivity index (χ4v) is 1.74. The number of carbonyl (C=O) groups is 1. The van der Waals surface area contributed by atoms with Crippen LogP contribution in [0.1, 0.15) is 18.6 Å². The normalized spacial score (nSPS) is 20.4. The largest absolute Gasteiger partial charge is 0.360 e. The Morgan fingerprint density at radius 1 is 1.73 bits per heavy atom. The lowest BCUT2D eigenvalue weighted by atomic mass is 10.0. The van der Waals surface area contributed by atoms with E-state index in [-0.39, 0.29) is 5.91 Å². The Morgan fingerprint density at radius 3 is 3.33 bits per heavy atom. The fourth-order valence-electron chi connectivity index (χ4n) is 1.74. The molecule has 2 rings (SSSR count). The van der Waals surface area contributed by atoms with Gasteiger partial charge in [-0.15, -0.1) is 0 Å². The van der Waals surface area contributed by atoms with Gasteiger partial charge in [0.05, 0.1) is 12.7 Å². The first-order valence-corrected chi connectivity index (χ1v) is 5.21. The van der Waals surface area contributed by atoms with E-state index in [1.165, 1.54) is 0 Å². The highest BCUT2D eigenvalue weighted by atomic mass is 16.5. The number of amides is 1. The Labute approximate surface area is 88.2 Å². The van der Waals surface area contributed by atoms with Gasteiger partial charge in [-0.3, -0.25) is 4.79 Å². The number of aromatic nitrogens is 1. The molecule has 1 aromatic rings. The maximum atomic E-state index is 11.5. The number of rotatable bonds is 4. The Kier molecular flexibility index (Phi) is 3.34. The summed E-state index contributed by atoms with van der Waals surface area (Å²) in [6.45, 7) is 2.41. The third kappa shape index (κ3) is 3.06. The molecule has 1 fully saturated rings. The first-order chi connectivity index (χ1) is 7.34. The number of carbonyl (C=O) groups excluding carboxylic acids is 1. The molecular formula is C10H15N3O2. The van der Waals surface area contributed by atoms with Crippen molar-refractivity contribution in [2.75, 3.05) is 13.1 Å². The lowest BCUT2D eigenvalue weighted by Crippen LogP contribution is -2.25. The van der Waals surface area contributed by atoms with E-state index in [1.807, 2.05) is 0 Å². The summed E-state index contributed by atoms with van der Waals surface area (Å²) >= 11 is 0. The maximum Gasteiger partial charge on any atom is 0.220 e. The van der Waals surface area contributed by atoms with Crippen molar-refractivity contribution in [3.05, 3.63) is 18.0 Å². The highest BCUT2D eigenvalue weighted by Crippen LogP contribution is 2.11. The number of hydrogen-bond donors (Lipinski definition) is 2. The predicted octanol–water partition coefficient (Wildman–Crippen LogP) is 0.290. The third-order valence-electron chi connectivity index (χ3n) is 2.59. The van der Waals surface area contributed by atoms with Crippen molar-refractivity contribution in [1.29, 1.82) is 0 Å². The Balaban J connectivity index is 1.68. The van der Waals surface area contributed by atoms with Crippen molar-refractivity contribution >= 4 is 5.91 Å². The second-order valence-electron chi connectivity index (χ2n) is 3.82. The Hall–Kier alpha value is -1.36. The second-order valence-corrected chi connectivity index (χ2v) is 3.82. The fraction of sp³-hybridized carbons (Fsp3) is 0.600. The highest BCUT2D eigenvalue weighted by Gasteiger charge is 2.17. The Bertz CT molecular complexity index is 304. The van der Waals surface area contributed by atoms with E-state index in [1.54, 1.807) is 12.3 Å². The van der Waals surface area contributed by atoms with Crippen molar-refractivity contribution in [3.8, 4) is 0 Å². The molecule has 0 saturated carbocycles. The molecule has 2 heterocycles. The van der Waals surface area contributed by atoms with Gasteiger partial charge in [0.1, 0.15) is 0 Å². The van der Waals surface area contributed by atoms with Crippen molar-refractivity contribution in [2.24, 2.45) is 5.92 Å². The van der Waals surface area contributed by atoms with E-state index >= 15 is 0 Å². The van der Waals surface area contributed by atoms with Crippen molar-refractivity contribution in [3.63, 3.8) is 0 Å². The van der Waals surface area contributed by atoms with Gasteiger partial charge in [-0.2, -0.15) is 0 Å². The smallest absolute Gasteiger partial charge is 0.220 e. The zero-order valence-corrected chi connectivity index (χ0v) is 8.53. The SMILES string of the molecule is O=C(CC1CCNC1)NCc1ccno1. The molecule has 0 bridgehead atoms. The average Bonchev–Trinajstić information content (AvgIpc) is 2.86. The predicted molar refractivity (Wildman–Crippen MR) is 53.9 cm³/mol. The number of nitrogens with one attached hydrogen (secondary N) is 2. The standard InChI is InChI=1S/C10H15N3O2/c14-10(5-8-1-3-11-6-8)12-7-9-2-4-13-15-9/h2,4,8,11H,1,3,5-7H2,(H,12,14). The van der Waals surface area contributed by atoms with Crippen LogP contribution in [0, 0.1) is 5.92 Å². The molecule has 0 aromatic carbocycles. The molecule has 0 aliphatic carbocycles. The Morgan fingerprint density at radius 2 is 2.67 bits per heavy atom. The molecule has 1 atom stereocenters. The number of hydrogen-bond acceptors (Lipinski definition) is 4. The second kappa shape index (κ2) is 4.93. The summed E-state index contributed by atoms with van der Waals surface area (Å²) in [6.07, 6.45) is 3.26. The summed E-state index contributed by atoms with van der Waals surface area (Å²) in [4.78, 5) is 11.5. The first kappa shape index (κ1) is 10.2. The molecule has 1 unspecified atom stereocenters. The van der Waals surface area contributed by atoms with Gasteiger partial charge in [0.2, 0.25) is 5.91 Å². The highest BCUT2D eigenvalue weighted by molar-refractivity contribution is 5.76. The first-order valence-electron chi connectivity index (χ1n) is 5.21.